The summed E-state index contributed by atoms with van der Waals surface area (Å²) in [7, 11) is 1.70. The lowest BCUT2D eigenvalue weighted by molar-refractivity contribution is -0.138. The van der Waals surface area contributed by atoms with Crippen LogP contribution in [0.2, 0.25) is 0 Å². The number of carbonyl (C=O) groups is 4. The SMILES string of the molecule is CCC(=O)N[C@H](Cc1ccc(NC(=O)[C@@H](NC(=O)c2ccnn2C)C2CCCCC2)cc1)C(=O)N1CCN(Cc2cccnc2)CC1. The van der Waals surface area contributed by atoms with Crippen molar-refractivity contribution in [2.75, 3.05) is 31.5 Å². The topological polar surface area (TPSA) is 142 Å². The minimum absolute atomic E-state index is 0.0476. The molecule has 1 saturated heterocycles. The van der Waals surface area contributed by atoms with Gasteiger partial charge in [-0.15, -0.1) is 0 Å². The number of pyridine rings is 1. The van der Waals surface area contributed by atoms with Gasteiger partial charge >= 0.3 is 0 Å². The summed E-state index contributed by atoms with van der Waals surface area (Å²) in [5.41, 5.74) is 2.99. The third-order valence-electron chi connectivity index (χ3n) is 9.17. The Hall–Kier alpha value is -4.58. The average molecular weight is 643 g/mol. The number of nitrogens with one attached hydrogen (secondary N) is 3. The number of nitrogens with zero attached hydrogens (tertiary/aromatic N) is 5. The van der Waals surface area contributed by atoms with Crippen LogP contribution < -0.4 is 16.0 Å². The smallest absolute Gasteiger partial charge is 0.270 e. The summed E-state index contributed by atoms with van der Waals surface area (Å²) in [5.74, 6) is -0.808. The molecule has 2 fully saturated rings. The van der Waals surface area contributed by atoms with Crippen LogP contribution in [-0.4, -0.2) is 86.5 Å². The van der Waals surface area contributed by atoms with Crippen LogP contribution in [0.4, 0.5) is 5.69 Å². The zero-order valence-corrected chi connectivity index (χ0v) is 27.4. The quantitative estimate of drug-likeness (QED) is 0.276. The van der Waals surface area contributed by atoms with E-state index in [2.05, 4.69) is 37.0 Å². The lowest BCUT2D eigenvalue weighted by Crippen LogP contribution is -2.55. The molecule has 250 valence electrons. The molecule has 12 heteroatoms. The van der Waals surface area contributed by atoms with Gasteiger partial charge in [-0.25, -0.2) is 0 Å². The molecule has 3 aromatic rings. The average Bonchev–Trinajstić information content (AvgIpc) is 3.54. The van der Waals surface area contributed by atoms with Gasteiger partial charge in [0.2, 0.25) is 17.7 Å². The van der Waals surface area contributed by atoms with E-state index in [0.29, 0.717) is 30.9 Å². The van der Waals surface area contributed by atoms with Gasteiger partial charge in [-0.1, -0.05) is 44.4 Å². The first-order valence-corrected chi connectivity index (χ1v) is 16.7. The van der Waals surface area contributed by atoms with Crippen molar-refractivity contribution in [3.05, 3.63) is 77.9 Å². The second-order valence-corrected chi connectivity index (χ2v) is 12.5. The molecule has 0 unspecified atom stereocenters. The highest BCUT2D eigenvalue weighted by Crippen LogP contribution is 2.27. The highest BCUT2D eigenvalue weighted by atomic mass is 16.2. The van der Waals surface area contributed by atoms with Crippen LogP contribution in [0.3, 0.4) is 0 Å². The van der Waals surface area contributed by atoms with Crippen molar-refractivity contribution in [2.45, 2.75) is 70.5 Å². The number of hydrogen-bond donors (Lipinski definition) is 3. The minimum atomic E-state index is -0.689. The molecule has 4 amide bonds. The molecule has 1 aromatic carbocycles. The first-order chi connectivity index (χ1) is 22.8. The normalized spacial score (nSPS) is 17.0. The van der Waals surface area contributed by atoms with Crippen LogP contribution in [0.1, 0.15) is 67.1 Å². The Morgan fingerprint density at radius 3 is 2.28 bits per heavy atom. The Kier molecular flexibility index (Phi) is 11.7. The maximum absolute atomic E-state index is 13.6. The number of piperazine rings is 1. The summed E-state index contributed by atoms with van der Waals surface area (Å²) in [6.45, 7) is 5.21. The first-order valence-electron chi connectivity index (χ1n) is 16.7. The molecule has 0 radical (unpaired) electrons. The fourth-order valence-electron chi connectivity index (χ4n) is 6.45. The van der Waals surface area contributed by atoms with Gasteiger partial charge < -0.3 is 20.9 Å². The summed E-state index contributed by atoms with van der Waals surface area (Å²) in [6, 6.07) is 11.6. The van der Waals surface area contributed by atoms with Gasteiger partial charge in [0.15, 0.2) is 0 Å². The molecule has 1 saturated carbocycles. The van der Waals surface area contributed by atoms with E-state index in [0.717, 1.165) is 62.9 Å². The predicted molar refractivity (Wildman–Crippen MR) is 178 cm³/mol. The summed E-state index contributed by atoms with van der Waals surface area (Å²) in [6.07, 6.45) is 10.7. The maximum atomic E-state index is 13.6. The van der Waals surface area contributed by atoms with E-state index >= 15 is 0 Å². The zero-order valence-electron chi connectivity index (χ0n) is 27.4. The third-order valence-corrected chi connectivity index (χ3v) is 9.17. The molecule has 5 rings (SSSR count). The van der Waals surface area contributed by atoms with E-state index in [4.69, 9.17) is 0 Å². The van der Waals surface area contributed by atoms with Crippen LogP contribution in [0, 0.1) is 5.92 Å². The van der Waals surface area contributed by atoms with Gasteiger partial charge in [-0.2, -0.15) is 5.10 Å². The zero-order chi connectivity index (χ0) is 33.2. The molecule has 2 atom stereocenters. The molecule has 2 aliphatic rings. The van der Waals surface area contributed by atoms with Crippen LogP contribution >= 0.6 is 0 Å². The Labute approximate surface area is 276 Å². The van der Waals surface area contributed by atoms with Gasteiger partial charge in [0.1, 0.15) is 17.8 Å². The summed E-state index contributed by atoms with van der Waals surface area (Å²) in [4.78, 5) is 61.0. The lowest BCUT2D eigenvalue weighted by atomic mass is 9.83. The minimum Gasteiger partial charge on any atom is -0.344 e. The largest absolute Gasteiger partial charge is 0.344 e. The van der Waals surface area contributed by atoms with Crippen molar-refractivity contribution in [1.29, 1.82) is 0 Å². The van der Waals surface area contributed by atoms with E-state index < -0.39 is 12.1 Å². The van der Waals surface area contributed by atoms with E-state index in [1.165, 1.54) is 4.68 Å². The summed E-state index contributed by atoms with van der Waals surface area (Å²) >= 11 is 0. The molecule has 3 heterocycles. The van der Waals surface area contributed by atoms with Crippen LogP contribution in [-0.2, 0) is 34.4 Å². The Bertz CT molecular complexity index is 1500. The Balaban J connectivity index is 1.20. The maximum Gasteiger partial charge on any atom is 0.270 e. The van der Waals surface area contributed by atoms with Gasteiger partial charge in [-0.3, -0.25) is 33.7 Å². The molecular weight excluding hydrogens is 596 g/mol. The van der Waals surface area contributed by atoms with Crippen molar-refractivity contribution in [3.63, 3.8) is 0 Å². The van der Waals surface area contributed by atoms with Crippen molar-refractivity contribution in [2.24, 2.45) is 13.0 Å². The molecular formula is C35H46N8O4. The van der Waals surface area contributed by atoms with E-state index in [1.807, 2.05) is 29.3 Å². The van der Waals surface area contributed by atoms with Crippen LogP contribution in [0.25, 0.3) is 0 Å². The van der Waals surface area contributed by atoms with Gasteiger partial charge in [0, 0.05) is 76.9 Å². The lowest BCUT2D eigenvalue weighted by Gasteiger charge is -2.36. The molecule has 3 N–H and O–H groups in total. The van der Waals surface area contributed by atoms with Crippen LogP contribution in [0.5, 0.6) is 0 Å². The number of carbonyl (C=O) groups excluding carboxylic acids is 4. The second-order valence-electron chi connectivity index (χ2n) is 12.5. The number of anilines is 1. The van der Waals surface area contributed by atoms with Gasteiger partial charge in [0.25, 0.3) is 5.91 Å². The van der Waals surface area contributed by atoms with Crippen molar-refractivity contribution < 1.29 is 19.2 Å². The van der Waals surface area contributed by atoms with E-state index in [9.17, 15) is 19.2 Å². The fourth-order valence-corrected chi connectivity index (χ4v) is 6.45. The monoisotopic (exact) mass is 642 g/mol. The van der Waals surface area contributed by atoms with E-state index in [1.54, 1.807) is 44.6 Å². The molecule has 1 aliphatic carbocycles. The second kappa shape index (κ2) is 16.3. The van der Waals surface area contributed by atoms with Crippen molar-refractivity contribution in [1.82, 2.24) is 35.2 Å². The standard InChI is InChI=1S/C35H46N8O4/c1-3-31(44)39-29(35(47)43-20-18-42(19-21-43)24-26-8-7-16-36-23-26)22-25-11-13-28(14-12-25)38-34(46)32(27-9-5-4-6-10-27)40-33(45)30-15-17-37-41(30)2/h7-8,11-17,23,27,29,32H,3-6,9-10,18-22,24H2,1-2H3,(H,38,46)(H,39,44)(H,40,45)/t29-,32+/m1/s1. The van der Waals surface area contributed by atoms with Crippen molar-refractivity contribution in [3.8, 4) is 0 Å². The van der Waals surface area contributed by atoms with Gasteiger partial charge in [0.05, 0.1) is 0 Å². The summed E-state index contributed by atoms with van der Waals surface area (Å²) in [5, 5.41) is 13.0. The number of rotatable bonds is 12. The molecule has 1 aliphatic heterocycles. The number of aromatic nitrogens is 3. The molecule has 12 nitrogen and oxygen atoms in total. The molecule has 47 heavy (non-hydrogen) atoms. The number of aryl methyl sites for hydroxylation is 1. The molecule has 0 spiro atoms. The molecule has 0 bridgehead atoms. The van der Waals surface area contributed by atoms with E-state index in [-0.39, 0.29) is 36.0 Å². The predicted octanol–water partition coefficient (Wildman–Crippen LogP) is 2.91. The fraction of sp³-hybridized carbons (Fsp3) is 0.486. The Morgan fingerprint density at radius 1 is 0.894 bits per heavy atom. The number of hydrogen-bond acceptors (Lipinski definition) is 7. The van der Waals surface area contributed by atoms with Crippen molar-refractivity contribution >= 4 is 29.3 Å². The number of amides is 4. The molecule has 2 aromatic heterocycles. The highest BCUT2D eigenvalue weighted by molar-refractivity contribution is 6.00. The third kappa shape index (κ3) is 9.25. The van der Waals surface area contributed by atoms with Gasteiger partial charge in [-0.05, 0) is 54.2 Å². The number of benzene rings is 1. The summed E-state index contributed by atoms with van der Waals surface area (Å²) < 4.78 is 1.49. The first kappa shape index (κ1) is 33.8. The van der Waals surface area contributed by atoms with Crippen LogP contribution in [0.15, 0.2) is 61.1 Å². The highest BCUT2D eigenvalue weighted by Gasteiger charge is 2.32. The Morgan fingerprint density at radius 2 is 1.64 bits per heavy atom.